The van der Waals surface area contributed by atoms with E-state index in [-0.39, 0.29) is 35.8 Å². The molecule has 2 unspecified atom stereocenters. The third kappa shape index (κ3) is 8.06. The predicted octanol–water partition coefficient (Wildman–Crippen LogP) is 4.70. The Morgan fingerprint density at radius 3 is 2.22 bits per heavy atom. The molecule has 0 spiro atoms. The molecule has 7 nitrogen and oxygen atoms in total. The minimum absolute atomic E-state index is 0.0266. The van der Waals surface area contributed by atoms with E-state index in [0.29, 0.717) is 18.2 Å². The van der Waals surface area contributed by atoms with Gasteiger partial charge in [-0.25, -0.2) is 4.79 Å². The highest BCUT2D eigenvalue weighted by Crippen LogP contribution is 2.30. The second kappa shape index (κ2) is 13.6. The lowest BCUT2D eigenvalue weighted by Crippen LogP contribution is -2.61. The molecule has 3 atom stereocenters. The summed E-state index contributed by atoms with van der Waals surface area (Å²) in [7, 11) is 1.77. The number of piperidine rings is 1. The zero-order chi connectivity index (χ0) is 27.0. The monoisotopic (exact) mass is 505 g/mol. The van der Waals surface area contributed by atoms with Crippen molar-refractivity contribution in [2.75, 3.05) is 20.2 Å². The topological polar surface area (TPSA) is 79.0 Å². The molecule has 1 saturated heterocycles. The summed E-state index contributed by atoms with van der Waals surface area (Å²) in [5.41, 5.74) is 0.0177. The van der Waals surface area contributed by atoms with Gasteiger partial charge in [-0.2, -0.15) is 0 Å². The van der Waals surface area contributed by atoms with Crippen LogP contribution in [0, 0.1) is 11.3 Å². The first-order valence-corrected chi connectivity index (χ1v) is 14.1. The fourth-order valence-electron chi connectivity index (χ4n) is 5.64. The van der Waals surface area contributed by atoms with Crippen molar-refractivity contribution in [3.05, 3.63) is 11.6 Å². The van der Waals surface area contributed by atoms with Gasteiger partial charge in [0.25, 0.3) is 0 Å². The summed E-state index contributed by atoms with van der Waals surface area (Å²) >= 11 is 0. The lowest BCUT2D eigenvalue weighted by molar-refractivity contribution is -0.142. The quantitative estimate of drug-likeness (QED) is 0.363. The van der Waals surface area contributed by atoms with Crippen LogP contribution < -0.4 is 5.32 Å². The normalized spacial score (nSPS) is 22.1. The standard InChI is InChI=1S/C29H51N3O4/c1-9-36-28(35)21(4)19-24(20(2)3)31(8)27(34)25(29(5,6)7)30-26(33)23-17-13-14-18-32(23)22-15-11-10-12-16-22/h19-20,22-25H,9-18H2,1-8H3,(H,30,33)/b21-19+/t23?,24-,25?/m1/s1. The van der Waals surface area contributed by atoms with Gasteiger partial charge in [-0.15, -0.1) is 0 Å². The maximum atomic E-state index is 13.9. The highest BCUT2D eigenvalue weighted by molar-refractivity contribution is 5.91. The van der Waals surface area contributed by atoms with Gasteiger partial charge >= 0.3 is 5.97 Å². The van der Waals surface area contributed by atoms with Gasteiger partial charge in [0.15, 0.2) is 0 Å². The zero-order valence-electron chi connectivity index (χ0n) is 24.1. The Labute approximate surface area is 219 Å². The smallest absolute Gasteiger partial charge is 0.333 e. The van der Waals surface area contributed by atoms with Crippen molar-refractivity contribution in [3.63, 3.8) is 0 Å². The molecule has 1 saturated carbocycles. The molecule has 0 radical (unpaired) electrons. The molecule has 36 heavy (non-hydrogen) atoms. The highest BCUT2D eigenvalue weighted by Gasteiger charge is 2.40. The molecule has 0 aromatic rings. The Bertz CT molecular complexity index is 780. The van der Waals surface area contributed by atoms with E-state index in [0.717, 1.165) is 38.6 Å². The number of carbonyl (C=O) groups is 3. The molecule has 1 aliphatic carbocycles. The molecule has 2 amide bonds. The number of likely N-dealkylation sites (tertiary alicyclic amines) is 1. The van der Waals surface area contributed by atoms with Crippen LogP contribution in [0.2, 0.25) is 0 Å². The van der Waals surface area contributed by atoms with Crippen molar-refractivity contribution in [2.24, 2.45) is 11.3 Å². The molecule has 206 valence electrons. The minimum atomic E-state index is -0.664. The van der Waals surface area contributed by atoms with Crippen LogP contribution in [0.5, 0.6) is 0 Å². The predicted molar refractivity (Wildman–Crippen MR) is 144 cm³/mol. The Morgan fingerprint density at radius 2 is 1.67 bits per heavy atom. The fourth-order valence-corrected chi connectivity index (χ4v) is 5.64. The number of hydrogen-bond acceptors (Lipinski definition) is 5. The van der Waals surface area contributed by atoms with Gasteiger partial charge in [-0.05, 0) is 57.4 Å². The van der Waals surface area contributed by atoms with Crippen LogP contribution in [-0.4, -0.2) is 72.0 Å². The van der Waals surface area contributed by atoms with Crippen LogP contribution in [0.1, 0.15) is 99.8 Å². The summed E-state index contributed by atoms with van der Waals surface area (Å²) in [4.78, 5) is 43.9. The third-order valence-electron chi connectivity index (χ3n) is 7.79. The maximum absolute atomic E-state index is 13.9. The second-order valence-electron chi connectivity index (χ2n) is 12.1. The van der Waals surface area contributed by atoms with E-state index in [1.807, 2.05) is 40.7 Å². The van der Waals surface area contributed by atoms with Crippen LogP contribution in [-0.2, 0) is 19.1 Å². The van der Waals surface area contributed by atoms with Crippen LogP contribution in [0.15, 0.2) is 11.6 Å². The Hall–Kier alpha value is -1.89. The van der Waals surface area contributed by atoms with Gasteiger partial charge in [0.1, 0.15) is 6.04 Å². The van der Waals surface area contributed by atoms with Crippen molar-refractivity contribution in [1.82, 2.24) is 15.1 Å². The zero-order valence-corrected chi connectivity index (χ0v) is 24.1. The Balaban J connectivity index is 2.23. The van der Waals surface area contributed by atoms with Crippen LogP contribution in [0.25, 0.3) is 0 Å². The van der Waals surface area contributed by atoms with Gasteiger partial charge in [-0.1, -0.05) is 66.4 Å². The molecular weight excluding hydrogens is 454 g/mol. The van der Waals surface area contributed by atoms with Gasteiger partial charge in [0.05, 0.1) is 18.7 Å². The van der Waals surface area contributed by atoms with E-state index in [1.54, 1.807) is 25.8 Å². The number of esters is 1. The number of carbonyl (C=O) groups excluding carboxylic acids is 3. The van der Waals surface area contributed by atoms with Crippen molar-refractivity contribution < 1.29 is 19.1 Å². The van der Waals surface area contributed by atoms with E-state index in [4.69, 9.17) is 4.74 Å². The first-order chi connectivity index (χ1) is 16.9. The average Bonchev–Trinajstić information content (AvgIpc) is 2.84. The molecule has 0 bridgehead atoms. The molecule has 2 rings (SSSR count). The van der Waals surface area contributed by atoms with E-state index in [2.05, 4.69) is 10.2 Å². The van der Waals surface area contributed by atoms with Crippen molar-refractivity contribution in [3.8, 4) is 0 Å². The van der Waals surface area contributed by atoms with E-state index in [1.165, 1.54) is 19.3 Å². The number of likely N-dealkylation sites (N-methyl/N-ethyl adjacent to an activating group) is 1. The Morgan fingerprint density at radius 1 is 1.06 bits per heavy atom. The third-order valence-corrected chi connectivity index (χ3v) is 7.79. The number of nitrogens with zero attached hydrogens (tertiary/aromatic N) is 2. The first-order valence-electron chi connectivity index (χ1n) is 14.1. The minimum Gasteiger partial charge on any atom is -0.463 e. The number of ether oxygens (including phenoxy) is 1. The fraction of sp³-hybridized carbons (Fsp3) is 0.828. The highest BCUT2D eigenvalue weighted by atomic mass is 16.5. The van der Waals surface area contributed by atoms with E-state index in [9.17, 15) is 14.4 Å². The van der Waals surface area contributed by atoms with Gasteiger partial charge in [-0.3, -0.25) is 14.5 Å². The largest absolute Gasteiger partial charge is 0.463 e. The summed E-state index contributed by atoms with van der Waals surface area (Å²) in [6.07, 6.45) is 10.9. The summed E-state index contributed by atoms with van der Waals surface area (Å²) in [6.45, 7) is 14.8. The Kier molecular flexibility index (Phi) is 11.5. The molecule has 7 heteroatoms. The van der Waals surface area contributed by atoms with E-state index >= 15 is 0 Å². The number of rotatable bonds is 9. The first kappa shape index (κ1) is 30.3. The lowest BCUT2D eigenvalue weighted by atomic mass is 9.84. The summed E-state index contributed by atoms with van der Waals surface area (Å²) < 4.78 is 5.13. The van der Waals surface area contributed by atoms with Gasteiger partial charge < -0.3 is 15.0 Å². The molecule has 1 N–H and O–H groups in total. The van der Waals surface area contributed by atoms with Gasteiger partial charge in [0.2, 0.25) is 11.8 Å². The number of amides is 2. The second-order valence-corrected chi connectivity index (χ2v) is 12.1. The summed E-state index contributed by atoms with van der Waals surface area (Å²) in [5, 5.41) is 3.18. The van der Waals surface area contributed by atoms with Crippen molar-refractivity contribution in [1.29, 1.82) is 0 Å². The molecule has 0 aromatic carbocycles. The van der Waals surface area contributed by atoms with Gasteiger partial charge in [0, 0.05) is 18.7 Å². The summed E-state index contributed by atoms with van der Waals surface area (Å²) in [6, 6.07) is -0.654. The molecule has 2 fully saturated rings. The number of nitrogens with one attached hydrogen (secondary N) is 1. The summed E-state index contributed by atoms with van der Waals surface area (Å²) in [5.74, 6) is -0.451. The molecule has 1 aliphatic heterocycles. The lowest BCUT2D eigenvalue weighted by Gasteiger charge is -2.43. The molecular formula is C29H51N3O4. The van der Waals surface area contributed by atoms with Crippen LogP contribution in [0.3, 0.4) is 0 Å². The molecule has 1 heterocycles. The molecule has 0 aromatic heterocycles. The van der Waals surface area contributed by atoms with Crippen LogP contribution in [0.4, 0.5) is 0 Å². The van der Waals surface area contributed by atoms with Crippen molar-refractivity contribution >= 4 is 17.8 Å². The number of hydrogen-bond donors (Lipinski definition) is 1. The van der Waals surface area contributed by atoms with Crippen LogP contribution >= 0.6 is 0 Å². The van der Waals surface area contributed by atoms with Crippen molar-refractivity contribution in [2.45, 2.75) is 124 Å². The maximum Gasteiger partial charge on any atom is 0.333 e. The SMILES string of the molecule is CCOC(=O)/C(C)=C/[C@H](C(C)C)N(C)C(=O)C(NC(=O)C1CCCCN1C1CCCCC1)C(C)(C)C. The van der Waals surface area contributed by atoms with E-state index < -0.39 is 11.5 Å². The average molecular weight is 506 g/mol. The molecule has 2 aliphatic rings.